The van der Waals surface area contributed by atoms with Crippen LogP contribution in [0.15, 0.2) is 18.2 Å². The van der Waals surface area contributed by atoms with Crippen LogP contribution < -0.4 is 14.8 Å². The lowest BCUT2D eigenvalue weighted by Gasteiger charge is -2.36. The SMILES string of the molecule is COc1cc(OC)cc([C@H](N2CCNCC2)C(F)(F)F)c1. The molecular weight excluding hydrogens is 285 g/mol. The molecule has 0 aromatic heterocycles. The number of nitrogens with zero attached hydrogens (tertiary/aromatic N) is 1. The van der Waals surface area contributed by atoms with E-state index in [9.17, 15) is 13.2 Å². The lowest BCUT2D eigenvalue weighted by Crippen LogP contribution is -2.49. The molecule has 0 aliphatic carbocycles. The Bertz CT molecular complexity index is 452. The largest absolute Gasteiger partial charge is 0.497 e. The third-order valence-corrected chi connectivity index (χ3v) is 3.52. The molecule has 0 bridgehead atoms. The van der Waals surface area contributed by atoms with E-state index in [0.717, 1.165) is 0 Å². The normalized spacial score (nSPS) is 18.3. The maximum absolute atomic E-state index is 13.5. The van der Waals surface area contributed by atoms with Gasteiger partial charge in [-0.15, -0.1) is 0 Å². The average Bonchev–Trinajstić information content (AvgIpc) is 2.46. The van der Waals surface area contributed by atoms with Gasteiger partial charge in [0.05, 0.1) is 14.2 Å². The van der Waals surface area contributed by atoms with E-state index in [-0.39, 0.29) is 5.56 Å². The predicted molar refractivity (Wildman–Crippen MR) is 72.8 cm³/mol. The van der Waals surface area contributed by atoms with Gasteiger partial charge in [0.25, 0.3) is 0 Å². The van der Waals surface area contributed by atoms with Crippen LogP contribution in [0.3, 0.4) is 0 Å². The molecular formula is C14H19F3N2O2. The highest BCUT2D eigenvalue weighted by atomic mass is 19.4. The Morgan fingerprint density at radius 3 is 2.00 bits per heavy atom. The molecule has 4 nitrogen and oxygen atoms in total. The molecule has 1 N–H and O–H groups in total. The van der Waals surface area contributed by atoms with E-state index in [2.05, 4.69) is 5.32 Å². The molecule has 0 amide bonds. The zero-order chi connectivity index (χ0) is 15.5. The van der Waals surface area contributed by atoms with E-state index in [0.29, 0.717) is 37.7 Å². The summed E-state index contributed by atoms with van der Waals surface area (Å²) in [5, 5.41) is 3.06. The number of alkyl halides is 3. The molecule has 1 aliphatic heterocycles. The van der Waals surface area contributed by atoms with Crippen LogP contribution in [0.25, 0.3) is 0 Å². The van der Waals surface area contributed by atoms with Crippen LogP contribution in [0.2, 0.25) is 0 Å². The Balaban J connectivity index is 2.40. The van der Waals surface area contributed by atoms with Gasteiger partial charge in [0.15, 0.2) is 0 Å². The van der Waals surface area contributed by atoms with Gasteiger partial charge in [-0.05, 0) is 17.7 Å². The average molecular weight is 304 g/mol. The van der Waals surface area contributed by atoms with Crippen LogP contribution in [0.4, 0.5) is 13.2 Å². The van der Waals surface area contributed by atoms with Crippen molar-refractivity contribution in [3.05, 3.63) is 23.8 Å². The van der Waals surface area contributed by atoms with E-state index < -0.39 is 12.2 Å². The number of methoxy groups -OCH3 is 2. The molecule has 1 heterocycles. The first-order valence-electron chi connectivity index (χ1n) is 6.70. The number of hydrogen-bond acceptors (Lipinski definition) is 4. The lowest BCUT2D eigenvalue weighted by molar-refractivity contribution is -0.187. The number of ether oxygens (including phenoxy) is 2. The van der Waals surface area contributed by atoms with Crippen LogP contribution in [-0.4, -0.2) is 51.5 Å². The highest BCUT2D eigenvalue weighted by molar-refractivity contribution is 5.40. The van der Waals surface area contributed by atoms with Gasteiger partial charge < -0.3 is 14.8 Å². The Kier molecular flexibility index (Phi) is 4.95. The van der Waals surface area contributed by atoms with Crippen LogP contribution in [0.5, 0.6) is 11.5 Å². The summed E-state index contributed by atoms with van der Waals surface area (Å²) in [5.74, 6) is 0.711. The zero-order valence-corrected chi connectivity index (χ0v) is 12.0. The molecule has 118 valence electrons. The van der Waals surface area contributed by atoms with Crippen molar-refractivity contribution < 1.29 is 22.6 Å². The van der Waals surface area contributed by atoms with Crippen molar-refractivity contribution in [2.75, 3.05) is 40.4 Å². The van der Waals surface area contributed by atoms with Gasteiger partial charge >= 0.3 is 6.18 Å². The topological polar surface area (TPSA) is 33.7 Å². The third-order valence-electron chi connectivity index (χ3n) is 3.52. The number of halogens is 3. The molecule has 0 saturated carbocycles. The molecule has 0 radical (unpaired) electrons. The summed E-state index contributed by atoms with van der Waals surface area (Å²) in [6.07, 6.45) is -4.35. The number of rotatable bonds is 4. The first kappa shape index (κ1) is 15.9. The second kappa shape index (κ2) is 6.53. The number of benzene rings is 1. The molecule has 1 saturated heterocycles. The van der Waals surface area contributed by atoms with E-state index in [4.69, 9.17) is 9.47 Å². The second-order valence-electron chi connectivity index (χ2n) is 4.88. The number of nitrogens with one attached hydrogen (secondary N) is 1. The van der Waals surface area contributed by atoms with Gasteiger partial charge in [-0.3, -0.25) is 4.90 Å². The summed E-state index contributed by atoms with van der Waals surface area (Å²) in [6, 6.07) is 2.75. The maximum Gasteiger partial charge on any atom is 0.408 e. The minimum atomic E-state index is -4.35. The zero-order valence-electron chi connectivity index (χ0n) is 12.0. The predicted octanol–water partition coefficient (Wildman–Crippen LogP) is 2.21. The van der Waals surface area contributed by atoms with Gasteiger partial charge in [0.2, 0.25) is 0 Å². The van der Waals surface area contributed by atoms with Crippen molar-refractivity contribution in [1.29, 1.82) is 0 Å². The summed E-state index contributed by atoms with van der Waals surface area (Å²) < 4.78 is 50.7. The fourth-order valence-electron chi connectivity index (χ4n) is 2.53. The molecule has 2 rings (SSSR count). The van der Waals surface area contributed by atoms with Gasteiger partial charge in [0, 0.05) is 32.2 Å². The fourth-order valence-corrected chi connectivity index (χ4v) is 2.53. The molecule has 1 aromatic rings. The quantitative estimate of drug-likeness (QED) is 0.925. The summed E-state index contributed by atoms with van der Waals surface area (Å²) in [4.78, 5) is 1.44. The van der Waals surface area contributed by atoms with Gasteiger partial charge in [-0.25, -0.2) is 0 Å². The molecule has 0 spiro atoms. The van der Waals surface area contributed by atoms with Gasteiger partial charge in [0.1, 0.15) is 17.5 Å². The number of hydrogen-bond donors (Lipinski definition) is 1. The van der Waals surface area contributed by atoms with E-state index in [1.54, 1.807) is 6.07 Å². The first-order valence-corrected chi connectivity index (χ1v) is 6.70. The molecule has 0 unspecified atom stereocenters. The molecule has 21 heavy (non-hydrogen) atoms. The van der Waals surface area contributed by atoms with Crippen molar-refractivity contribution in [1.82, 2.24) is 10.2 Å². The molecule has 1 aliphatic rings. The smallest absolute Gasteiger partial charge is 0.408 e. The maximum atomic E-state index is 13.5. The van der Waals surface area contributed by atoms with Crippen molar-refractivity contribution >= 4 is 0 Å². The molecule has 1 aromatic carbocycles. The standard InChI is InChI=1S/C14H19F3N2O2/c1-20-11-7-10(8-12(9-11)21-2)13(14(15,16)17)19-5-3-18-4-6-19/h7-9,13,18H,3-6H2,1-2H3/t13-/m0/s1. The fraction of sp³-hybridized carbons (Fsp3) is 0.571. The Morgan fingerprint density at radius 2 is 1.57 bits per heavy atom. The van der Waals surface area contributed by atoms with Gasteiger partial charge in [-0.2, -0.15) is 13.2 Å². The minimum Gasteiger partial charge on any atom is -0.497 e. The Hall–Kier alpha value is -1.47. The third kappa shape index (κ3) is 3.79. The minimum absolute atomic E-state index is 0.139. The summed E-state index contributed by atoms with van der Waals surface area (Å²) in [5.41, 5.74) is 0.139. The summed E-state index contributed by atoms with van der Waals surface area (Å²) >= 11 is 0. The van der Waals surface area contributed by atoms with E-state index in [1.807, 2.05) is 0 Å². The summed E-state index contributed by atoms with van der Waals surface area (Å²) in [7, 11) is 2.85. The summed E-state index contributed by atoms with van der Waals surface area (Å²) in [6.45, 7) is 1.80. The van der Waals surface area contributed by atoms with Crippen LogP contribution in [-0.2, 0) is 0 Å². The van der Waals surface area contributed by atoms with Crippen LogP contribution in [0, 0.1) is 0 Å². The van der Waals surface area contributed by atoms with Gasteiger partial charge in [-0.1, -0.05) is 0 Å². The number of piperazine rings is 1. The van der Waals surface area contributed by atoms with Crippen LogP contribution in [0.1, 0.15) is 11.6 Å². The van der Waals surface area contributed by atoms with E-state index in [1.165, 1.54) is 31.3 Å². The Labute approximate surface area is 121 Å². The molecule has 1 fully saturated rings. The lowest BCUT2D eigenvalue weighted by atomic mass is 10.0. The van der Waals surface area contributed by atoms with Crippen molar-refractivity contribution in [3.63, 3.8) is 0 Å². The molecule has 7 heteroatoms. The second-order valence-corrected chi connectivity index (χ2v) is 4.88. The first-order chi connectivity index (χ1) is 9.95. The van der Waals surface area contributed by atoms with Crippen molar-refractivity contribution in [3.8, 4) is 11.5 Å². The Morgan fingerprint density at radius 1 is 1.05 bits per heavy atom. The van der Waals surface area contributed by atoms with Crippen molar-refractivity contribution in [2.24, 2.45) is 0 Å². The highest BCUT2D eigenvalue weighted by Crippen LogP contribution is 2.40. The van der Waals surface area contributed by atoms with Crippen LogP contribution >= 0.6 is 0 Å². The van der Waals surface area contributed by atoms with Crippen molar-refractivity contribution in [2.45, 2.75) is 12.2 Å². The molecule has 1 atom stereocenters. The monoisotopic (exact) mass is 304 g/mol. The van der Waals surface area contributed by atoms with E-state index >= 15 is 0 Å². The highest BCUT2D eigenvalue weighted by Gasteiger charge is 2.45.